The molecule has 0 saturated carbocycles. The Bertz CT molecular complexity index is 1380. The van der Waals surface area contributed by atoms with E-state index in [4.69, 9.17) is 19.9 Å². The second kappa shape index (κ2) is 16.5. The largest absolute Gasteiger partial charge is 0.494 e. The van der Waals surface area contributed by atoms with E-state index in [-0.39, 0.29) is 5.82 Å². The van der Waals surface area contributed by atoms with Gasteiger partial charge in [-0.05, 0) is 60.7 Å². The molecule has 0 bridgehead atoms. The number of aliphatic carboxylic acids is 2. The molecule has 3 aromatic rings. The third kappa shape index (κ3) is 10.6. The van der Waals surface area contributed by atoms with Gasteiger partial charge in [-0.2, -0.15) is 0 Å². The predicted octanol–water partition coefficient (Wildman–Crippen LogP) is 6.21. The van der Waals surface area contributed by atoms with Crippen LogP contribution in [0.4, 0.5) is 10.1 Å². The molecule has 0 aromatic heterocycles. The van der Waals surface area contributed by atoms with E-state index in [1.54, 1.807) is 12.1 Å². The number of carboxylic acid groups (broad SMARTS) is 2. The summed E-state index contributed by atoms with van der Waals surface area (Å²) in [7, 11) is 0. The molecule has 5 rings (SSSR count). The lowest BCUT2D eigenvalue weighted by molar-refractivity contribution is -0.134. The van der Waals surface area contributed by atoms with Crippen molar-refractivity contribution in [3.05, 3.63) is 108 Å². The summed E-state index contributed by atoms with van der Waals surface area (Å²) in [6, 6.07) is 26.0. The highest BCUT2D eigenvalue weighted by Crippen LogP contribution is 2.34. The molecular formula is C33H36FN3O5S. The van der Waals surface area contributed by atoms with E-state index in [9.17, 15) is 14.0 Å². The van der Waals surface area contributed by atoms with Gasteiger partial charge in [0.25, 0.3) is 0 Å². The highest BCUT2D eigenvalue weighted by Gasteiger charge is 2.28. The average molecular weight is 606 g/mol. The standard InChI is InChI=1S/C29H32FN3OS.C4H4O4/c30-25-11-13-27(14-12-25)34-20-6-17-32-18-15-26(16-19-32)33(21-23-7-2-1-3-8-23)29-31-28-10-5-4-9-24(28)22-35-29;5-3(6)1-2-4(7)8/h1-5,7-14,26H,6,15-22H2;1-2H,(H,5,6)(H,7,8). The number of ether oxygens (including phenoxy) is 1. The molecule has 10 heteroatoms. The van der Waals surface area contributed by atoms with Crippen LogP contribution in [0.25, 0.3) is 0 Å². The molecule has 0 radical (unpaired) electrons. The Balaban J connectivity index is 0.000000467. The summed E-state index contributed by atoms with van der Waals surface area (Å²) in [6.45, 7) is 4.74. The number of benzene rings is 3. The number of rotatable bonds is 10. The molecule has 8 nitrogen and oxygen atoms in total. The molecule has 2 aliphatic heterocycles. The minimum absolute atomic E-state index is 0.233. The van der Waals surface area contributed by atoms with Gasteiger partial charge in [-0.3, -0.25) is 0 Å². The van der Waals surface area contributed by atoms with Crippen LogP contribution in [0.5, 0.6) is 5.75 Å². The van der Waals surface area contributed by atoms with Gasteiger partial charge in [0.1, 0.15) is 11.6 Å². The number of amidine groups is 1. The Hall–Kier alpha value is -4.15. The molecule has 0 unspecified atom stereocenters. The fourth-order valence-corrected chi connectivity index (χ4v) is 5.98. The maximum absolute atomic E-state index is 13.0. The molecule has 0 aliphatic carbocycles. The van der Waals surface area contributed by atoms with Gasteiger partial charge in [-0.25, -0.2) is 19.0 Å². The summed E-state index contributed by atoms with van der Waals surface area (Å²) < 4.78 is 18.8. The number of nitrogens with zero attached hydrogens (tertiary/aromatic N) is 3. The summed E-state index contributed by atoms with van der Waals surface area (Å²) >= 11 is 1.87. The zero-order chi connectivity index (χ0) is 30.4. The van der Waals surface area contributed by atoms with Gasteiger partial charge in [0, 0.05) is 50.1 Å². The molecule has 1 saturated heterocycles. The quantitative estimate of drug-likeness (QED) is 0.208. The molecular weight excluding hydrogens is 569 g/mol. The summed E-state index contributed by atoms with van der Waals surface area (Å²) in [6.07, 6.45) is 4.35. The molecule has 226 valence electrons. The van der Waals surface area contributed by atoms with Crippen molar-refractivity contribution in [2.45, 2.75) is 37.6 Å². The second-order valence-electron chi connectivity index (χ2n) is 10.2. The number of halogens is 1. The molecule has 0 spiro atoms. The molecule has 0 atom stereocenters. The number of likely N-dealkylation sites (tertiary alicyclic amines) is 1. The van der Waals surface area contributed by atoms with E-state index < -0.39 is 11.9 Å². The molecule has 1 fully saturated rings. The first kappa shape index (κ1) is 31.8. The molecule has 43 heavy (non-hydrogen) atoms. The Kier molecular flexibility index (Phi) is 12.2. The Morgan fingerprint density at radius 3 is 2.28 bits per heavy atom. The first-order valence-electron chi connectivity index (χ1n) is 14.2. The maximum Gasteiger partial charge on any atom is 0.328 e. The first-order chi connectivity index (χ1) is 20.9. The number of para-hydroxylation sites is 1. The number of aliphatic imine (C=N–C) groups is 1. The number of hydrogen-bond acceptors (Lipinski definition) is 7. The molecule has 3 aromatic carbocycles. The summed E-state index contributed by atoms with van der Waals surface area (Å²) in [4.78, 5) is 29.3. The van der Waals surface area contributed by atoms with Gasteiger partial charge in [-0.1, -0.05) is 60.3 Å². The summed E-state index contributed by atoms with van der Waals surface area (Å²) in [5.74, 6) is -1.04. The number of carbonyl (C=O) groups is 2. The van der Waals surface area contributed by atoms with E-state index in [1.165, 1.54) is 23.3 Å². The lowest BCUT2D eigenvalue weighted by Gasteiger charge is -2.40. The van der Waals surface area contributed by atoms with E-state index in [2.05, 4.69) is 64.4 Å². The minimum Gasteiger partial charge on any atom is -0.494 e. The van der Waals surface area contributed by atoms with Crippen molar-refractivity contribution in [3.63, 3.8) is 0 Å². The smallest absolute Gasteiger partial charge is 0.328 e. The van der Waals surface area contributed by atoms with Crippen molar-refractivity contribution in [3.8, 4) is 5.75 Å². The predicted molar refractivity (Wildman–Crippen MR) is 167 cm³/mol. The van der Waals surface area contributed by atoms with Crippen LogP contribution in [-0.2, 0) is 21.9 Å². The van der Waals surface area contributed by atoms with Crippen molar-refractivity contribution in [1.82, 2.24) is 9.80 Å². The third-order valence-corrected chi connectivity index (χ3v) is 8.11. The summed E-state index contributed by atoms with van der Waals surface area (Å²) in [5, 5.41) is 16.8. The Labute approximate surface area is 255 Å². The van der Waals surface area contributed by atoms with Gasteiger partial charge in [0.2, 0.25) is 0 Å². The van der Waals surface area contributed by atoms with Crippen molar-refractivity contribution < 1.29 is 28.9 Å². The topological polar surface area (TPSA) is 103 Å². The number of fused-ring (bicyclic) bond motifs is 1. The van der Waals surface area contributed by atoms with Crippen LogP contribution in [0, 0.1) is 5.82 Å². The first-order valence-corrected chi connectivity index (χ1v) is 15.2. The van der Waals surface area contributed by atoms with Crippen LogP contribution in [0.2, 0.25) is 0 Å². The molecule has 2 aliphatic rings. The van der Waals surface area contributed by atoms with Gasteiger partial charge in [0.15, 0.2) is 5.17 Å². The Morgan fingerprint density at radius 2 is 1.60 bits per heavy atom. The van der Waals surface area contributed by atoms with Gasteiger partial charge < -0.3 is 24.7 Å². The minimum atomic E-state index is -1.26. The average Bonchev–Trinajstić information content (AvgIpc) is 3.03. The van der Waals surface area contributed by atoms with Crippen molar-refractivity contribution in [2.24, 2.45) is 4.99 Å². The van der Waals surface area contributed by atoms with Crippen LogP contribution in [0.15, 0.2) is 96.0 Å². The lowest BCUT2D eigenvalue weighted by Crippen LogP contribution is -2.46. The zero-order valence-corrected chi connectivity index (χ0v) is 24.7. The second-order valence-corrected chi connectivity index (χ2v) is 11.1. The molecule has 2 heterocycles. The highest BCUT2D eigenvalue weighted by molar-refractivity contribution is 8.13. The molecule has 2 N–H and O–H groups in total. The van der Waals surface area contributed by atoms with Gasteiger partial charge in [-0.15, -0.1) is 0 Å². The van der Waals surface area contributed by atoms with Crippen LogP contribution < -0.4 is 4.74 Å². The van der Waals surface area contributed by atoms with E-state index in [0.29, 0.717) is 24.8 Å². The Morgan fingerprint density at radius 1 is 0.953 bits per heavy atom. The van der Waals surface area contributed by atoms with E-state index >= 15 is 0 Å². The highest BCUT2D eigenvalue weighted by atomic mass is 32.2. The SMILES string of the molecule is Fc1ccc(OCCCN2CCC(N(Cc3ccccc3)C3=Nc4ccccc4CS3)CC2)cc1.O=C(O)C=CC(=O)O. The fourth-order valence-electron chi connectivity index (χ4n) is 4.91. The van der Waals surface area contributed by atoms with Crippen LogP contribution >= 0.6 is 11.8 Å². The van der Waals surface area contributed by atoms with Gasteiger partial charge in [0.05, 0.1) is 12.3 Å². The van der Waals surface area contributed by atoms with Crippen molar-refractivity contribution in [1.29, 1.82) is 0 Å². The third-order valence-electron chi connectivity index (χ3n) is 7.07. The molecule has 0 amide bonds. The van der Waals surface area contributed by atoms with Crippen LogP contribution in [-0.4, -0.2) is 69.4 Å². The lowest BCUT2D eigenvalue weighted by atomic mass is 10.0. The van der Waals surface area contributed by atoms with Gasteiger partial charge >= 0.3 is 11.9 Å². The van der Waals surface area contributed by atoms with Crippen LogP contribution in [0.1, 0.15) is 30.4 Å². The van der Waals surface area contributed by atoms with E-state index in [0.717, 1.165) is 67.8 Å². The maximum atomic E-state index is 13.0. The monoisotopic (exact) mass is 605 g/mol. The van der Waals surface area contributed by atoms with E-state index in [1.807, 2.05) is 11.8 Å². The number of thioether (sulfide) groups is 1. The normalized spacial score (nSPS) is 15.1. The zero-order valence-electron chi connectivity index (χ0n) is 23.8. The fraction of sp³-hybridized carbons (Fsp3) is 0.303. The van der Waals surface area contributed by atoms with Crippen LogP contribution in [0.3, 0.4) is 0 Å². The number of hydrogen-bond donors (Lipinski definition) is 2. The van der Waals surface area contributed by atoms with Crippen molar-refractivity contribution in [2.75, 3.05) is 26.2 Å². The number of piperidine rings is 1. The summed E-state index contributed by atoms with van der Waals surface area (Å²) in [5.41, 5.74) is 3.76. The van der Waals surface area contributed by atoms with Crippen molar-refractivity contribution >= 4 is 34.6 Å². The number of carboxylic acids is 2.